The number of amides is 1. The van der Waals surface area contributed by atoms with Crippen LogP contribution in [-0.4, -0.2) is 27.8 Å². The number of phenolic OH excluding ortho intramolecular Hbond substituents is 1. The molecule has 18 heavy (non-hydrogen) atoms. The first kappa shape index (κ1) is 12.0. The van der Waals surface area contributed by atoms with Crippen LogP contribution in [-0.2, 0) is 7.05 Å². The maximum absolute atomic E-state index is 12.2. The molecule has 1 amide bonds. The number of carbonyl (C=O) groups excluding carboxylic acids is 1. The number of hydrogen-bond acceptors (Lipinski definition) is 4. The minimum absolute atomic E-state index is 0.150. The van der Waals surface area contributed by atoms with Crippen LogP contribution in [0, 0.1) is 0 Å². The molecule has 2 rings (SSSR count). The van der Waals surface area contributed by atoms with Gasteiger partial charge < -0.3 is 15.7 Å². The molecule has 6 nitrogen and oxygen atoms in total. The molecule has 0 spiro atoms. The number of nitrogens with zero attached hydrogens (tertiary/aromatic N) is 3. The molecule has 0 saturated carbocycles. The number of rotatable bonds is 2. The fourth-order valence-electron chi connectivity index (χ4n) is 1.63. The van der Waals surface area contributed by atoms with Gasteiger partial charge in [0.15, 0.2) is 5.69 Å². The summed E-state index contributed by atoms with van der Waals surface area (Å²) >= 11 is 0. The van der Waals surface area contributed by atoms with Gasteiger partial charge >= 0.3 is 0 Å². The monoisotopic (exact) mass is 246 g/mol. The van der Waals surface area contributed by atoms with Gasteiger partial charge in [-0.2, -0.15) is 5.10 Å². The average Bonchev–Trinajstić information content (AvgIpc) is 2.67. The number of carbonyl (C=O) groups is 1. The highest BCUT2D eigenvalue weighted by molar-refractivity contribution is 6.07. The molecule has 0 radical (unpaired) electrons. The topological polar surface area (TPSA) is 84.4 Å². The zero-order chi connectivity index (χ0) is 13.3. The Morgan fingerprint density at radius 3 is 2.50 bits per heavy atom. The van der Waals surface area contributed by atoms with Crippen LogP contribution in [0.1, 0.15) is 10.5 Å². The molecule has 0 saturated heterocycles. The van der Waals surface area contributed by atoms with Crippen molar-refractivity contribution in [3.63, 3.8) is 0 Å². The number of benzene rings is 1. The highest BCUT2D eigenvalue weighted by Gasteiger charge is 2.19. The lowest BCUT2D eigenvalue weighted by atomic mass is 10.2. The van der Waals surface area contributed by atoms with Crippen LogP contribution in [0.25, 0.3) is 0 Å². The second-order valence-corrected chi connectivity index (χ2v) is 3.99. The lowest BCUT2D eigenvalue weighted by Crippen LogP contribution is -2.27. The van der Waals surface area contributed by atoms with Gasteiger partial charge in [-0.25, -0.2) is 0 Å². The summed E-state index contributed by atoms with van der Waals surface area (Å²) in [6.45, 7) is 0. The molecule has 0 bridgehead atoms. The molecular formula is C12H14N4O2. The minimum atomic E-state index is -0.293. The lowest BCUT2D eigenvalue weighted by molar-refractivity contribution is 0.0988. The Morgan fingerprint density at radius 1 is 1.39 bits per heavy atom. The van der Waals surface area contributed by atoms with E-state index in [4.69, 9.17) is 5.73 Å². The Balaban J connectivity index is 2.29. The van der Waals surface area contributed by atoms with Crippen molar-refractivity contribution in [2.75, 3.05) is 17.7 Å². The van der Waals surface area contributed by atoms with Gasteiger partial charge in [0.05, 0.1) is 5.69 Å². The van der Waals surface area contributed by atoms with Crippen LogP contribution in [0.4, 0.5) is 11.4 Å². The third-order valence-corrected chi connectivity index (χ3v) is 2.60. The molecule has 0 aliphatic rings. The van der Waals surface area contributed by atoms with Crippen molar-refractivity contribution in [2.24, 2.45) is 7.05 Å². The molecule has 0 fully saturated rings. The number of nitrogen functional groups attached to an aromatic ring is 1. The molecule has 1 aromatic carbocycles. The number of aromatic hydroxyl groups is 1. The molecule has 3 N–H and O–H groups in total. The van der Waals surface area contributed by atoms with Gasteiger partial charge in [-0.15, -0.1) is 0 Å². The average molecular weight is 246 g/mol. The van der Waals surface area contributed by atoms with E-state index in [0.29, 0.717) is 11.4 Å². The third-order valence-electron chi connectivity index (χ3n) is 2.60. The summed E-state index contributed by atoms with van der Waals surface area (Å²) in [6.07, 6.45) is 1.58. The predicted molar refractivity (Wildman–Crippen MR) is 68.5 cm³/mol. The van der Waals surface area contributed by atoms with Gasteiger partial charge in [0.2, 0.25) is 0 Å². The van der Waals surface area contributed by atoms with Gasteiger partial charge in [0.25, 0.3) is 5.91 Å². The lowest BCUT2D eigenvalue weighted by Gasteiger charge is -2.16. The van der Waals surface area contributed by atoms with Gasteiger partial charge in [0, 0.05) is 26.0 Å². The molecule has 94 valence electrons. The zero-order valence-electron chi connectivity index (χ0n) is 10.2. The largest absolute Gasteiger partial charge is 0.508 e. The van der Waals surface area contributed by atoms with Crippen molar-refractivity contribution in [1.82, 2.24) is 9.78 Å². The summed E-state index contributed by atoms with van der Waals surface area (Å²) in [4.78, 5) is 13.6. The van der Waals surface area contributed by atoms with Crippen molar-refractivity contribution >= 4 is 17.3 Å². The summed E-state index contributed by atoms with van der Waals surface area (Å²) in [5, 5.41) is 13.2. The Kier molecular flexibility index (Phi) is 2.93. The van der Waals surface area contributed by atoms with E-state index >= 15 is 0 Å². The summed E-state index contributed by atoms with van der Waals surface area (Å²) in [7, 11) is 3.33. The van der Waals surface area contributed by atoms with Crippen LogP contribution in [0.5, 0.6) is 5.75 Å². The highest BCUT2D eigenvalue weighted by atomic mass is 16.3. The number of aromatic nitrogens is 2. The standard InChI is InChI=1S/C12H14N4O2/c1-15-7-10(13)11(14-15)12(18)16(2)8-3-5-9(17)6-4-8/h3-7,17H,13H2,1-2H3. The van der Waals surface area contributed by atoms with Gasteiger partial charge in [-0.3, -0.25) is 9.48 Å². The maximum Gasteiger partial charge on any atom is 0.280 e. The maximum atomic E-state index is 12.2. The smallest absolute Gasteiger partial charge is 0.280 e. The molecule has 0 aliphatic carbocycles. The summed E-state index contributed by atoms with van der Waals surface area (Å²) in [5.74, 6) is -0.143. The van der Waals surface area contributed by atoms with Crippen LogP contribution < -0.4 is 10.6 Å². The van der Waals surface area contributed by atoms with Crippen LogP contribution in [0.15, 0.2) is 30.5 Å². The number of nitrogens with two attached hydrogens (primary N) is 1. The Bertz CT molecular complexity index is 574. The fourth-order valence-corrected chi connectivity index (χ4v) is 1.63. The van der Waals surface area contributed by atoms with E-state index in [0.717, 1.165) is 0 Å². The first-order chi connectivity index (χ1) is 8.49. The van der Waals surface area contributed by atoms with Crippen LogP contribution in [0.3, 0.4) is 0 Å². The molecule has 6 heteroatoms. The molecule has 0 unspecified atom stereocenters. The fraction of sp³-hybridized carbons (Fsp3) is 0.167. The van der Waals surface area contributed by atoms with E-state index in [1.165, 1.54) is 21.7 Å². The summed E-state index contributed by atoms with van der Waals surface area (Å²) in [6, 6.07) is 6.32. The van der Waals surface area contributed by atoms with E-state index < -0.39 is 0 Å². The number of hydrogen-bond donors (Lipinski definition) is 2. The second-order valence-electron chi connectivity index (χ2n) is 3.99. The van der Waals surface area contributed by atoms with E-state index in [9.17, 15) is 9.90 Å². The Hall–Kier alpha value is -2.50. The van der Waals surface area contributed by atoms with Crippen molar-refractivity contribution in [1.29, 1.82) is 0 Å². The number of anilines is 2. The molecule has 2 aromatic rings. The molecule has 0 aliphatic heterocycles. The molecule has 1 aromatic heterocycles. The van der Waals surface area contributed by atoms with Crippen molar-refractivity contribution in [3.05, 3.63) is 36.2 Å². The van der Waals surface area contributed by atoms with Gasteiger partial charge in [0.1, 0.15) is 5.75 Å². The van der Waals surface area contributed by atoms with E-state index in [1.807, 2.05) is 0 Å². The van der Waals surface area contributed by atoms with E-state index in [-0.39, 0.29) is 17.4 Å². The third kappa shape index (κ3) is 2.13. The SMILES string of the molecule is CN(C(=O)c1nn(C)cc1N)c1ccc(O)cc1. The predicted octanol–water partition coefficient (Wildman–Crippen LogP) is 0.984. The Morgan fingerprint density at radius 2 is 2.00 bits per heavy atom. The molecule has 1 heterocycles. The Labute approximate surface area is 104 Å². The van der Waals surface area contributed by atoms with Crippen molar-refractivity contribution in [2.45, 2.75) is 0 Å². The first-order valence-corrected chi connectivity index (χ1v) is 5.35. The van der Waals surface area contributed by atoms with Crippen LogP contribution >= 0.6 is 0 Å². The first-order valence-electron chi connectivity index (χ1n) is 5.35. The number of phenols is 1. The summed E-state index contributed by atoms with van der Waals surface area (Å²) in [5.41, 5.74) is 6.92. The van der Waals surface area contributed by atoms with Crippen molar-refractivity contribution < 1.29 is 9.90 Å². The zero-order valence-corrected chi connectivity index (χ0v) is 10.2. The minimum Gasteiger partial charge on any atom is -0.508 e. The van der Waals surface area contributed by atoms with Crippen LogP contribution in [0.2, 0.25) is 0 Å². The summed E-state index contributed by atoms with van der Waals surface area (Å²) < 4.78 is 1.49. The van der Waals surface area contributed by atoms with E-state index in [2.05, 4.69) is 5.10 Å². The van der Waals surface area contributed by atoms with Crippen molar-refractivity contribution in [3.8, 4) is 5.75 Å². The second kappa shape index (κ2) is 4.40. The quantitative estimate of drug-likeness (QED) is 0.827. The highest BCUT2D eigenvalue weighted by Crippen LogP contribution is 2.20. The molecule has 0 atom stereocenters. The van der Waals surface area contributed by atoms with Gasteiger partial charge in [-0.05, 0) is 24.3 Å². The normalized spacial score (nSPS) is 10.3. The number of aryl methyl sites for hydroxylation is 1. The van der Waals surface area contributed by atoms with Gasteiger partial charge in [-0.1, -0.05) is 0 Å². The molecular weight excluding hydrogens is 232 g/mol. The van der Waals surface area contributed by atoms with E-state index in [1.54, 1.807) is 32.4 Å².